The molecule has 3 aromatic rings. The molecular formula is C35H45ClN4O3. The number of aromatic amines is 1. The molecule has 0 aliphatic heterocycles. The summed E-state index contributed by atoms with van der Waals surface area (Å²) in [6, 6.07) is 13.7. The molecule has 3 fully saturated rings. The number of nitrogens with zero attached hydrogens (tertiary/aromatic N) is 1. The van der Waals surface area contributed by atoms with Crippen molar-refractivity contribution in [2.24, 2.45) is 17.3 Å². The molecule has 3 aliphatic rings. The number of hydrogen-bond acceptors (Lipinski definition) is 4. The lowest BCUT2D eigenvalue weighted by atomic mass is 9.76. The molecule has 3 aliphatic carbocycles. The van der Waals surface area contributed by atoms with E-state index in [-0.39, 0.29) is 41.6 Å². The summed E-state index contributed by atoms with van der Waals surface area (Å²) in [5.41, 5.74) is 3.05. The molecule has 230 valence electrons. The second-order valence-corrected chi connectivity index (χ2v) is 14.4. The Labute approximate surface area is 259 Å². The van der Waals surface area contributed by atoms with Gasteiger partial charge in [-0.1, -0.05) is 50.1 Å². The molecule has 7 nitrogen and oxygen atoms in total. The molecule has 0 spiro atoms. The summed E-state index contributed by atoms with van der Waals surface area (Å²) in [5, 5.41) is 7.00. The van der Waals surface area contributed by atoms with Gasteiger partial charge in [-0.15, -0.1) is 0 Å². The maximum Gasteiger partial charge on any atom is 0.242 e. The Morgan fingerprint density at radius 1 is 1.16 bits per heavy atom. The molecule has 3 saturated carbocycles. The topological polar surface area (TPSA) is 96.1 Å². The summed E-state index contributed by atoms with van der Waals surface area (Å²) in [6.45, 7) is 7.38. The molecule has 8 heteroatoms. The first kappa shape index (κ1) is 30.1. The van der Waals surface area contributed by atoms with Gasteiger partial charge in [0.1, 0.15) is 11.9 Å². The third kappa shape index (κ3) is 6.21. The smallest absolute Gasteiger partial charge is 0.242 e. The van der Waals surface area contributed by atoms with E-state index < -0.39 is 11.5 Å². The van der Waals surface area contributed by atoms with E-state index in [2.05, 4.69) is 41.6 Å². The second kappa shape index (κ2) is 11.9. The number of aromatic nitrogens is 2. The molecule has 0 bridgehead atoms. The highest BCUT2D eigenvalue weighted by Gasteiger charge is 2.48. The van der Waals surface area contributed by atoms with Crippen molar-refractivity contribution in [2.45, 2.75) is 89.0 Å². The highest BCUT2D eigenvalue weighted by Crippen LogP contribution is 2.60. The standard InChI is InChI=1S/C35H45ClN4O3/c1-21(29(34(2)15-16-34)24-9-6-10-26(36)17-24)31-38-27-14-13-25(18-28(27)39-31)35(3,20-43-4)33(42)40-30(23-7-5-8-23)32(41)37-19-22-11-12-22/h6,9-10,13-14,17-18,21-23,29-30H,5,7-8,11-12,15-16,19-20H2,1-4H3,(H,37,41)(H,38,39)(H,40,42)/t21?,29-,30-,35?/m1/s1. The Bertz CT molecular complexity index is 1490. The van der Waals surface area contributed by atoms with E-state index in [1.807, 2.05) is 37.3 Å². The van der Waals surface area contributed by atoms with Crippen LogP contribution in [0.1, 0.15) is 94.5 Å². The number of nitrogens with one attached hydrogen (secondary N) is 3. The average molecular weight is 605 g/mol. The summed E-state index contributed by atoms with van der Waals surface area (Å²) >= 11 is 6.41. The Morgan fingerprint density at radius 2 is 1.93 bits per heavy atom. The highest BCUT2D eigenvalue weighted by molar-refractivity contribution is 6.30. The summed E-state index contributed by atoms with van der Waals surface area (Å²) in [4.78, 5) is 35.8. The van der Waals surface area contributed by atoms with E-state index in [9.17, 15) is 9.59 Å². The van der Waals surface area contributed by atoms with Crippen LogP contribution in [-0.4, -0.2) is 48.1 Å². The molecule has 43 heavy (non-hydrogen) atoms. The van der Waals surface area contributed by atoms with Gasteiger partial charge in [0.25, 0.3) is 0 Å². The zero-order valence-electron chi connectivity index (χ0n) is 25.8. The monoisotopic (exact) mass is 604 g/mol. The molecule has 6 rings (SSSR count). The minimum absolute atomic E-state index is 0.0639. The number of benzene rings is 2. The van der Waals surface area contributed by atoms with Crippen LogP contribution in [-0.2, 0) is 19.7 Å². The number of methoxy groups -OCH3 is 1. The fourth-order valence-electron chi connectivity index (χ4n) is 6.97. The molecule has 2 unspecified atom stereocenters. The first-order valence-corrected chi connectivity index (χ1v) is 16.3. The third-order valence-electron chi connectivity index (χ3n) is 10.5. The van der Waals surface area contributed by atoms with Crippen molar-refractivity contribution in [1.29, 1.82) is 0 Å². The second-order valence-electron chi connectivity index (χ2n) is 13.9. The number of halogens is 1. The Kier molecular flexibility index (Phi) is 8.33. The zero-order valence-corrected chi connectivity index (χ0v) is 26.6. The van der Waals surface area contributed by atoms with E-state index in [4.69, 9.17) is 21.3 Å². The first-order valence-electron chi connectivity index (χ1n) is 15.9. The van der Waals surface area contributed by atoms with Crippen LogP contribution in [0.5, 0.6) is 0 Å². The number of H-pyrrole nitrogens is 1. The van der Waals surface area contributed by atoms with Crippen LogP contribution >= 0.6 is 11.6 Å². The van der Waals surface area contributed by atoms with Gasteiger partial charge in [0.15, 0.2) is 0 Å². The maximum absolute atomic E-state index is 14.0. The number of amides is 2. The fourth-order valence-corrected chi connectivity index (χ4v) is 7.16. The van der Waals surface area contributed by atoms with Gasteiger partial charge < -0.3 is 20.4 Å². The van der Waals surface area contributed by atoms with Crippen LogP contribution in [0.25, 0.3) is 11.0 Å². The quantitative estimate of drug-likeness (QED) is 0.204. The average Bonchev–Trinajstić information content (AvgIpc) is 3.88. The maximum atomic E-state index is 14.0. The lowest BCUT2D eigenvalue weighted by Gasteiger charge is -2.36. The van der Waals surface area contributed by atoms with Gasteiger partial charge in [-0.25, -0.2) is 4.98 Å². The number of carbonyl (C=O) groups excluding carboxylic acids is 2. The SMILES string of the molecule is COCC(C)(C(=O)N[C@@H](C(=O)NCC1CC1)C1CCC1)c1ccc2nc(C(C)[C@H](c3cccc(Cl)c3)C3(C)CC3)[nH]c2c1. The van der Waals surface area contributed by atoms with Gasteiger partial charge in [-0.05, 0) is 104 Å². The van der Waals surface area contributed by atoms with Crippen molar-refractivity contribution in [3.8, 4) is 0 Å². The van der Waals surface area contributed by atoms with Crippen LogP contribution in [0.2, 0.25) is 5.02 Å². The van der Waals surface area contributed by atoms with E-state index in [1.54, 1.807) is 7.11 Å². The lowest BCUT2D eigenvalue weighted by molar-refractivity contribution is -0.135. The number of imidazole rings is 1. The highest BCUT2D eigenvalue weighted by atomic mass is 35.5. The van der Waals surface area contributed by atoms with Crippen LogP contribution < -0.4 is 10.6 Å². The molecule has 2 amide bonds. The van der Waals surface area contributed by atoms with E-state index in [0.29, 0.717) is 12.5 Å². The summed E-state index contributed by atoms with van der Waals surface area (Å²) < 4.78 is 5.60. The molecule has 0 radical (unpaired) electrons. The Balaban J connectivity index is 1.26. The lowest BCUT2D eigenvalue weighted by Crippen LogP contribution is -2.57. The van der Waals surface area contributed by atoms with Gasteiger partial charge in [-0.3, -0.25) is 9.59 Å². The van der Waals surface area contributed by atoms with Crippen LogP contribution in [0, 0.1) is 17.3 Å². The minimum atomic E-state index is -0.983. The molecule has 1 aromatic heterocycles. The predicted molar refractivity (Wildman–Crippen MR) is 170 cm³/mol. The molecular weight excluding hydrogens is 560 g/mol. The van der Waals surface area contributed by atoms with Crippen molar-refractivity contribution in [2.75, 3.05) is 20.3 Å². The van der Waals surface area contributed by atoms with Crippen LogP contribution in [0.3, 0.4) is 0 Å². The number of ether oxygens (including phenoxy) is 1. The van der Waals surface area contributed by atoms with E-state index >= 15 is 0 Å². The predicted octanol–water partition coefficient (Wildman–Crippen LogP) is 6.62. The summed E-state index contributed by atoms with van der Waals surface area (Å²) in [5.74, 6) is 1.87. The van der Waals surface area contributed by atoms with Gasteiger partial charge in [-0.2, -0.15) is 0 Å². The zero-order chi connectivity index (χ0) is 30.4. The van der Waals surface area contributed by atoms with Crippen molar-refractivity contribution in [3.63, 3.8) is 0 Å². The van der Waals surface area contributed by atoms with Crippen LogP contribution in [0.4, 0.5) is 0 Å². The Hall–Kier alpha value is -2.90. The fraction of sp³-hybridized carbons (Fsp3) is 0.571. The third-order valence-corrected chi connectivity index (χ3v) is 10.7. The summed E-state index contributed by atoms with van der Waals surface area (Å²) in [6.07, 6.45) is 7.72. The van der Waals surface area contributed by atoms with E-state index in [1.165, 1.54) is 31.2 Å². The van der Waals surface area contributed by atoms with Crippen molar-refractivity contribution >= 4 is 34.4 Å². The summed E-state index contributed by atoms with van der Waals surface area (Å²) in [7, 11) is 1.61. The largest absolute Gasteiger partial charge is 0.383 e. The van der Waals surface area contributed by atoms with Crippen molar-refractivity contribution in [1.82, 2.24) is 20.6 Å². The van der Waals surface area contributed by atoms with Gasteiger partial charge in [0.2, 0.25) is 11.8 Å². The number of rotatable bonds is 13. The van der Waals surface area contributed by atoms with Gasteiger partial charge in [0.05, 0.1) is 23.1 Å². The first-order chi connectivity index (χ1) is 20.6. The minimum Gasteiger partial charge on any atom is -0.383 e. The molecule has 0 saturated heterocycles. The molecule has 1 heterocycles. The van der Waals surface area contributed by atoms with E-state index in [0.717, 1.165) is 46.7 Å². The number of fused-ring (bicyclic) bond motifs is 1. The number of carbonyl (C=O) groups is 2. The van der Waals surface area contributed by atoms with Crippen molar-refractivity contribution in [3.05, 3.63) is 64.4 Å². The number of hydrogen-bond donors (Lipinski definition) is 3. The van der Waals surface area contributed by atoms with Crippen molar-refractivity contribution < 1.29 is 14.3 Å². The molecule has 3 N–H and O–H groups in total. The molecule has 2 aromatic carbocycles. The normalized spacial score (nSPS) is 21.3. The van der Waals surface area contributed by atoms with Gasteiger partial charge in [0, 0.05) is 24.6 Å². The molecule has 4 atom stereocenters. The van der Waals surface area contributed by atoms with Crippen LogP contribution in [0.15, 0.2) is 42.5 Å². The van der Waals surface area contributed by atoms with Gasteiger partial charge >= 0.3 is 0 Å². The Morgan fingerprint density at radius 3 is 2.56 bits per heavy atom.